The molecule has 0 bridgehead atoms. The smallest absolute Gasteiger partial charge is 0.407 e. The Morgan fingerprint density at radius 1 is 1.31 bits per heavy atom. The lowest BCUT2D eigenvalue weighted by Crippen LogP contribution is -2.46. The molecule has 1 N–H and O–H groups in total. The summed E-state index contributed by atoms with van der Waals surface area (Å²) in [6.07, 6.45) is 2.62. The normalized spacial score (nSPS) is 15.8. The van der Waals surface area contributed by atoms with E-state index in [1.54, 1.807) is 22.8 Å². The zero-order valence-electron chi connectivity index (χ0n) is 17.1. The number of nitrogens with zero attached hydrogens (tertiary/aromatic N) is 4. The Morgan fingerprint density at radius 3 is 2.69 bits per heavy atom. The number of carbonyl (C=O) groups is 1. The van der Waals surface area contributed by atoms with Crippen LogP contribution in [0.1, 0.15) is 39.2 Å². The zero-order valence-corrected chi connectivity index (χ0v) is 17.1. The Morgan fingerprint density at radius 2 is 2.03 bits per heavy atom. The summed E-state index contributed by atoms with van der Waals surface area (Å²) < 4.78 is 7.02. The van der Waals surface area contributed by atoms with Crippen LogP contribution in [0.25, 0.3) is 11.0 Å². The van der Waals surface area contributed by atoms with E-state index >= 15 is 0 Å². The molecule has 0 unspecified atom stereocenters. The van der Waals surface area contributed by atoms with Crippen LogP contribution in [0.2, 0.25) is 0 Å². The fraction of sp³-hybridized carbons (Fsp3) is 0.524. The lowest BCUT2D eigenvalue weighted by Gasteiger charge is -2.33. The average molecular weight is 397 g/mol. The molecule has 2 aromatic rings. The second kappa shape index (κ2) is 8.62. The lowest BCUT2D eigenvalue weighted by molar-refractivity contribution is 0.0478. The average Bonchev–Trinajstić information content (AvgIpc) is 2.66. The number of piperidine rings is 1. The fourth-order valence-corrected chi connectivity index (χ4v) is 3.49. The van der Waals surface area contributed by atoms with Crippen molar-refractivity contribution < 1.29 is 9.53 Å². The molecule has 0 radical (unpaired) electrons. The molecule has 3 rings (SSSR count). The molecule has 1 aromatic heterocycles. The molecular formula is C21H27N5O3. The van der Waals surface area contributed by atoms with Gasteiger partial charge in [0.1, 0.15) is 5.60 Å². The molecular weight excluding hydrogens is 370 g/mol. The van der Waals surface area contributed by atoms with Gasteiger partial charge in [0.25, 0.3) is 5.56 Å². The molecule has 1 aliphatic rings. The number of alkyl carbamates (subject to hydrolysis) is 1. The SMILES string of the molecule is CC(C)(C)OC(=O)NC1CCN(CCn2c(=O)cnc3cc(C#N)ccc32)CC1. The molecule has 1 aromatic carbocycles. The highest BCUT2D eigenvalue weighted by molar-refractivity contribution is 5.76. The molecule has 8 nitrogen and oxygen atoms in total. The van der Waals surface area contributed by atoms with E-state index in [1.807, 2.05) is 20.8 Å². The summed E-state index contributed by atoms with van der Waals surface area (Å²) in [6, 6.07) is 7.37. The molecule has 1 saturated heterocycles. The van der Waals surface area contributed by atoms with Crippen LogP contribution < -0.4 is 10.9 Å². The van der Waals surface area contributed by atoms with Gasteiger partial charge in [0, 0.05) is 32.2 Å². The summed E-state index contributed by atoms with van der Waals surface area (Å²) in [4.78, 5) is 30.7. The van der Waals surface area contributed by atoms with Crippen molar-refractivity contribution >= 4 is 17.1 Å². The van der Waals surface area contributed by atoms with Crippen LogP contribution in [0.4, 0.5) is 4.79 Å². The number of likely N-dealkylation sites (tertiary alicyclic amines) is 1. The van der Waals surface area contributed by atoms with Gasteiger partial charge in [0.05, 0.1) is 28.9 Å². The predicted octanol–water partition coefficient (Wildman–Crippen LogP) is 2.26. The highest BCUT2D eigenvalue weighted by Gasteiger charge is 2.23. The Bertz CT molecular complexity index is 978. The molecule has 8 heteroatoms. The van der Waals surface area contributed by atoms with E-state index in [-0.39, 0.29) is 17.7 Å². The van der Waals surface area contributed by atoms with Crippen LogP contribution in [-0.4, -0.2) is 51.8 Å². The van der Waals surface area contributed by atoms with Gasteiger partial charge in [-0.2, -0.15) is 5.26 Å². The largest absolute Gasteiger partial charge is 0.444 e. The number of nitriles is 1. The van der Waals surface area contributed by atoms with Crippen LogP contribution in [0, 0.1) is 11.3 Å². The van der Waals surface area contributed by atoms with Gasteiger partial charge >= 0.3 is 6.09 Å². The van der Waals surface area contributed by atoms with Crippen molar-refractivity contribution in [3.63, 3.8) is 0 Å². The molecule has 29 heavy (non-hydrogen) atoms. The molecule has 2 heterocycles. The van der Waals surface area contributed by atoms with E-state index < -0.39 is 5.60 Å². The van der Waals surface area contributed by atoms with Gasteiger partial charge in [-0.3, -0.25) is 4.79 Å². The van der Waals surface area contributed by atoms with Gasteiger partial charge < -0.3 is 19.5 Å². The van der Waals surface area contributed by atoms with Crippen molar-refractivity contribution in [3.8, 4) is 6.07 Å². The third-order valence-corrected chi connectivity index (χ3v) is 4.92. The molecule has 0 atom stereocenters. The number of ether oxygens (including phenoxy) is 1. The second-order valence-corrected chi connectivity index (χ2v) is 8.33. The summed E-state index contributed by atoms with van der Waals surface area (Å²) in [5.74, 6) is 0. The first-order chi connectivity index (χ1) is 13.7. The molecule has 154 valence electrons. The van der Waals surface area contributed by atoms with Crippen LogP contribution >= 0.6 is 0 Å². The third-order valence-electron chi connectivity index (χ3n) is 4.92. The second-order valence-electron chi connectivity index (χ2n) is 8.33. The number of nitrogens with one attached hydrogen (secondary N) is 1. The van der Waals surface area contributed by atoms with E-state index in [1.165, 1.54) is 6.20 Å². The highest BCUT2D eigenvalue weighted by atomic mass is 16.6. The van der Waals surface area contributed by atoms with Crippen LogP contribution in [-0.2, 0) is 11.3 Å². The van der Waals surface area contributed by atoms with Crippen molar-refractivity contribution in [2.45, 2.75) is 51.8 Å². The zero-order chi connectivity index (χ0) is 21.0. The Kier molecular flexibility index (Phi) is 6.18. The van der Waals surface area contributed by atoms with Gasteiger partial charge in [-0.15, -0.1) is 0 Å². The molecule has 1 fully saturated rings. The van der Waals surface area contributed by atoms with Crippen molar-refractivity contribution in [1.82, 2.24) is 19.8 Å². The fourth-order valence-electron chi connectivity index (χ4n) is 3.49. The minimum Gasteiger partial charge on any atom is -0.444 e. The maximum absolute atomic E-state index is 12.3. The molecule has 1 aliphatic heterocycles. The minimum atomic E-state index is -0.501. The number of fused-ring (bicyclic) bond motifs is 1. The third kappa shape index (κ3) is 5.55. The number of benzene rings is 1. The van der Waals surface area contributed by atoms with Crippen molar-refractivity contribution in [2.24, 2.45) is 0 Å². The Balaban J connectivity index is 1.56. The number of rotatable bonds is 4. The first-order valence-corrected chi connectivity index (χ1v) is 9.87. The van der Waals surface area contributed by atoms with Crippen LogP contribution in [0.15, 0.2) is 29.2 Å². The summed E-state index contributed by atoms with van der Waals surface area (Å²) in [7, 11) is 0. The van der Waals surface area contributed by atoms with E-state index in [4.69, 9.17) is 10.00 Å². The summed E-state index contributed by atoms with van der Waals surface area (Å²) >= 11 is 0. The van der Waals surface area contributed by atoms with Gasteiger partial charge in [-0.25, -0.2) is 9.78 Å². The predicted molar refractivity (Wildman–Crippen MR) is 110 cm³/mol. The van der Waals surface area contributed by atoms with Crippen LogP contribution in [0.3, 0.4) is 0 Å². The van der Waals surface area contributed by atoms with E-state index in [9.17, 15) is 9.59 Å². The van der Waals surface area contributed by atoms with Crippen molar-refractivity contribution in [3.05, 3.63) is 40.3 Å². The maximum atomic E-state index is 12.3. The Labute approximate surface area is 170 Å². The van der Waals surface area contributed by atoms with Gasteiger partial charge in [0.2, 0.25) is 0 Å². The minimum absolute atomic E-state index is 0.106. The summed E-state index contributed by atoms with van der Waals surface area (Å²) in [5, 5.41) is 12.0. The number of hydrogen-bond acceptors (Lipinski definition) is 6. The number of hydrogen-bond donors (Lipinski definition) is 1. The standard InChI is InChI=1S/C21H27N5O3/c1-21(2,3)29-20(28)24-16-6-8-25(9-7-16)10-11-26-18-5-4-15(13-22)12-17(18)23-14-19(26)27/h4-5,12,14,16H,6-11H2,1-3H3,(H,24,28). The van der Waals surface area contributed by atoms with Crippen LogP contribution in [0.5, 0.6) is 0 Å². The number of amides is 1. The number of aromatic nitrogens is 2. The molecule has 0 spiro atoms. The quantitative estimate of drug-likeness (QED) is 0.849. The van der Waals surface area contributed by atoms with E-state index in [2.05, 4.69) is 21.3 Å². The van der Waals surface area contributed by atoms with E-state index in [0.717, 1.165) is 38.0 Å². The topological polar surface area (TPSA) is 100 Å². The van der Waals surface area contributed by atoms with Gasteiger partial charge in [-0.1, -0.05) is 0 Å². The van der Waals surface area contributed by atoms with Crippen molar-refractivity contribution in [2.75, 3.05) is 19.6 Å². The number of carbonyl (C=O) groups excluding carboxylic acids is 1. The first-order valence-electron chi connectivity index (χ1n) is 9.87. The van der Waals surface area contributed by atoms with Crippen molar-refractivity contribution in [1.29, 1.82) is 5.26 Å². The monoisotopic (exact) mass is 397 g/mol. The van der Waals surface area contributed by atoms with E-state index in [0.29, 0.717) is 17.6 Å². The van der Waals surface area contributed by atoms with Gasteiger partial charge in [0.15, 0.2) is 0 Å². The lowest BCUT2D eigenvalue weighted by atomic mass is 10.1. The molecule has 0 saturated carbocycles. The maximum Gasteiger partial charge on any atom is 0.407 e. The Hall–Kier alpha value is -2.92. The highest BCUT2D eigenvalue weighted by Crippen LogP contribution is 2.14. The molecule has 1 amide bonds. The first kappa shape index (κ1) is 20.8. The summed E-state index contributed by atoms with van der Waals surface area (Å²) in [5.41, 5.74) is 1.25. The summed E-state index contributed by atoms with van der Waals surface area (Å²) in [6.45, 7) is 8.52. The molecule has 0 aliphatic carbocycles. The van der Waals surface area contributed by atoms with Gasteiger partial charge in [-0.05, 0) is 51.8 Å².